The van der Waals surface area contributed by atoms with Gasteiger partial charge in [-0.25, -0.2) is 9.18 Å². The minimum atomic E-state index is -0.818. The Bertz CT molecular complexity index is 1000. The summed E-state index contributed by atoms with van der Waals surface area (Å²) in [7, 11) is 0. The number of fused-ring (bicyclic) bond motifs is 1. The predicted molar refractivity (Wildman–Crippen MR) is 81.1 cm³/mol. The van der Waals surface area contributed by atoms with Crippen LogP contribution in [0.25, 0.3) is 10.9 Å². The van der Waals surface area contributed by atoms with E-state index < -0.39 is 16.8 Å². The first-order valence-corrected chi connectivity index (χ1v) is 6.67. The van der Waals surface area contributed by atoms with Gasteiger partial charge in [-0.2, -0.15) is 5.26 Å². The summed E-state index contributed by atoms with van der Waals surface area (Å²) in [5.41, 5.74) is 0.0879. The number of nitriles is 1. The minimum Gasteiger partial charge on any atom is -0.410 e. The van der Waals surface area contributed by atoms with Gasteiger partial charge in [-0.15, -0.1) is 0 Å². The molecule has 0 bridgehead atoms. The number of carbonyl (C=O) groups excluding carboxylic acids is 1. The first-order valence-electron chi connectivity index (χ1n) is 6.67. The monoisotopic (exact) mass is 325 g/mol. The van der Waals surface area contributed by atoms with Crippen molar-refractivity contribution in [2.24, 2.45) is 0 Å². The van der Waals surface area contributed by atoms with Crippen LogP contribution >= 0.6 is 0 Å². The van der Waals surface area contributed by atoms with Gasteiger partial charge in [0.2, 0.25) is 0 Å². The molecule has 7 nitrogen and oxygen atoms in total. The highest BCUT2D eigenvalue weighted by Gasteiger charge is 2.16. The fourth-order valence-electron chi connectivity index (χ4n) is 2.27. The SMILES string of the molecule is N#Cc1cc(F)cc2ccn(C(=O)Oc3ccc([N+](=O)[O-])cc3)c12. The number of carbonyl (C=O) groups is 1. The van der Waals surface area contributed by atoms with Crippen LogP contribution < -0.4 is 4.74 Å². The van der Waals surface area contributed by atoms with Crippen LogP contribution in [0.15, 0.2) is 48.7 Å². The lowest BCUT2D eigenvalue weighted by atomic mass is 10.1. The standard InChI is InChI=1S/C16H8FN3O4/c17-12-7-10-5-6-19(15(10)11(8-12)9-18)16(21)24-14-3-1-13(2-4-14)20(22)23/h1-8H. The lowest BCUT2D eigenvalue weighted by Crippen LogP contribution is -2.16. The maximum atomic E-state index is 13.4. The van der Waals surface area contributed by atoms with Crippen molar-refractivity contribution in [2.45, 2.75) is 0 Å². The van der Waals surface area contributed by atoms with Crippen LogP contribution in [0, 0.1) is 27.3 Å². The fraction of sp³-hybridized carbons (Fsp3) is 0. The highest BCUT2D eigenvalue weighted by atomic mass is 19.1. The van der Waals surface area contributed by atoms with Gasteiger partial charge in [0.15, 0.2) is 0 Å². The van der Waals surface area contributed by atoms with E-state index in [1.165, 1.54) is 42.6 Å². The molecule has 0 amide bonds. The molecule has 0 radical (unpaired) electrons. The molecule has 0 saturated heterocycles. The second kappa shape index (κ2) is 5.81. The third-order valence-electron chi connectivity index (χ3n) is 3.32. The molecule has 1 heterocycles. The Balaban J connectivity index is 1.95. The highest BCUT2D eigenvalue weighted by Crippen LogP contribution is 2.23. The van der Waals surface area contributed by atoms with Gasteiger partial charge in [0.05, 0.1) is 16.0 Å². The summed E-state index contributed by atoms with van der Waals surface area (Å²) in [4.78, 5) is 22.3. The number of non-ortho nitro benzene ring substituents is 1. The molecular weight excluding hydrogens is 317 g/mol. The van der Waals surface area contributed by atoms with E-state index in [9.17, 15) is 19.3 Å². The summed E-state index contributed by atoms with van der Waals surface area (Å²) in [6.07, 6.45) is 0.542. The van der Waals surface area contributed by atoms with Crippen LogP contribution in [0.4, 0.5) is 14.9 Å². The first-order chi connectivity index (χ1) is 11.5. The number of halogens is 1. The smallest absolute Gasteiger partial charge is 0.410 e. The van der Waals surface area contributed by atoms with Crippen molar-refractivity contribution >= 4 is 22.7 Å². The van der Waals surface area contributed by atoms with E-state index >= 15 is 0 Å². The first kappa shape index (κ1) is 15.2. The van der Waals surface area contributed by atoms with Crippen molar-refractivity contribution in [1.82, 2.24) is 4.57 Å². The lowest BCUT2D eigenvalue weighted by molar-refractivity contribution is -0.384. The average molecular weight is 325 g/mol. The molecule has 0 saturated carbocycles. The van der Waals surface area contributed by atoms with E-state index in [0.717, 1.165) is 10.6 Å². The number of hydrogen-bond donors (Lipinski definition) is 0. The minimum absolute atomic E-state index is 0.00403. The van der Waals surface area contributed by atoms with E-state index in [-0.39, 0.29) is 22.5 Å². The number of nitro groups is 1. The molecule has 3 aromatic rings. The zero-order chi connectivity index (χ0) is 17.3. The van der Waals surface area contributed by atoms with Gasteiger partial charge in [0.1, 0.15) is 17.6 Å². The highest BCUT2D eigenvalue weighted by molar-refractivity contribution is 5.93. The van der Waals surface area contributed by atoms with Crippen LogP contribution in [0.3, 0.4) is 0 Å². The molecule has 3 rings (SSSR count). The molecule has 0 atom stereocenters. The second-order valence-corrected chi connectivity index (χ2v) is 4.81. The summed E-state index contributed by atoms with van der Waals surface area (Å²) in [6.45, 7) is 0. The summed E-state index contributed by atoms with van der Waals surface area (Å²) in [6, 6.07) is 10.5. The number of benzene rings is 2. The molecule has 118 valence electrons. The van der Waals surface area contributed by atoms with Gasteiger partial charge < -0.3 is 4.74 Å². The molecule has 1 aromatic heterocycles. The number of nitro benzene ring substituents is 1. The van der Waals surface area contributed by atoms with Crippen LogP contribution in [0.2, 0.25) is 0 Å². The van der Waals surface area contributed by atoms with Crippen molar-refractivity contribution in [2.75, 3.05) is 0 Å². The van der Waals surface area contributed by atoms with Crippen LogP contribution in [-0.2, 0) is 0 Å². The Morgan fingerprint density at radius 2 is 1.96 bits per heavy atom. The van der Waals surface area contributed by atoms with E-state index in [2.05, 4.69) is 0 Å². The van der Waals surface area contributed by atoms with Crippen LogP contribution in [0.5, 0.6) is 5.75 Å². The average Bonchev–Trinajstić information content (AvgIpc) is 2.98. The van der Waals surface area contributed by atoms with Gasteiger partial charge in [-0.1, -0.05) is 0 Å². The third-order valence-corrected chi connectivity index (χ3v) is 3.32. The molecule has 0 fully saturated rings. The van der Waals surface area contributed by atoms with Crippen molar-refractivity contribution in [3.63, 3.8) is 0 Å². The molecule has 0 spiro atoms. The van der Waals surface area contributed by atoms with Crippen LogP contribution in [0.1, 0.15) is 5.56 Å². The van der Waals surface area contributed by atoms with Gasteiger partial charge >= 0.3 is 6.09 Å². The van der Waals surface area contributed by atoms with Crippen molar-refractivity contribution in [3.05, 3.63) is 70.2 Å². The zero-order valence-corrected chi connectivity index (χ0v) is 12.0. The Labute approximate surface area is 134 Å². The lowest BCUT2D eigenvalue weighted by Gasteiger charge is -2.07. The molecule has 24 heavy (non-hydrogen) atoms. The fourth-order valence-corrected chi connectivity index (χ4v) is 2.27. The van der Waals surface area contributed by atoms with Crippen molar-refractivity contribution in [1.29, 1.82) is 5.26 Å². The molecule has 0 N–H and O–H groups in total. The summed E-state index contributed by atoms with van der Waals surface area (Å²) >= 11 is 0. The maximum absolute atomic E-state index is 13.4. The van der Waals surface area contributed by atoms with Gasteiger partial charge in [-0.3, -0.25) is 14.7 Å². The van der Waals surface area contributed by atoms with E-state index in [0.29, 0.717) is 5.39 Å². The topological polar surface area (TPSA) is 98.2 Å². The summed E-state index contributed by atoms with van der Waals surface area (Å²) in [5, 5.41) is 20.1. The Morgan fingerprint density at radius 3 is 2.58 bits per heavy atom. The van der Waals surface area contributed by atoms with E-state index in [4.69, 9.17) is 10.00 Å². The predicted octanol–water partition coefficient (Wildman–Crippen LogP) is 3.61. The summed E-state index contributed by atoms with van der Waals surface area (Å²) < 4.78 is 19.6. The Kier molecular flexibility index (Phi) is 3.67. The normalized spacial score (nSPS) is 10.3. The maximum Gasteiger partial charge on any atom is 0.423 e. The number of aromatic nitrogens is 1. The third kappa shape index (κ3) is 2.66. The largest absolute Gasteiger partial charge is 0.423 e. The number of nitrogens with zero attached hydrogens (tertiary/aromatic N) is 3. The zero-order valence-electron chi connectivity index (χ0n) is 12.0. The van der Waals surface area contributed by atoms with Gasteiger partial charge in [0, 0.05) is 23.7 Å². The molecule has 0 aliphatic rings. The van der Waals surface area contributed by atoms with Gasteiger partial charge in [0.25, 0.3) is 5.69 Å². The molecular formula is C16H8FN3O4. The Morgan fingerprint density at radius 1 is 1.25 bits per heavy atom. The van der Waals surface area contributed by atoms with Crippen molar-refractivity contribution in [3.8, 4) is 11.8 Å². The molecule has 0 aliphatic carbocycles. The second-order valence-electron chi connectivity index (χ2n) is 4.81. The van der Waals surface area contributed by atoms with Gasteiger partial charge in [-0.05, 0) is 30.3 Å². The van der Waals surface area contributed by atoms with Crippen molar-refractivity contribution < 1.29 is 18.8 Å². The number of rotatable bonds is 2. The summed E-state index contributed by atoms with van der Waals surface area (Å²) in [5.74, 6) is -0.478. The quantitative estimate of drug-likeness (QED) is 0.529. The molecule has 2 aromatic carbocycles. The number of ether oxygens (including phenoxy) is 1. The molecule has 0 aliphatic heterocycles. The van der Waals surface area contributed by atoms with E-state index in [1.807, 2.05) is 6.07 Å². The molecule has 8 heteroatoms. The molecule has 0 unspecified atom stereocenters. The number of hydrogen-bond acceptors (Lipinski definition) is 5. The van der Waals surface area contributed by atoms with E-state index in [1.54, 1.807) is 0 Å². The van der Waals surface area contributed by atoms with Crippen LogP contribution in [-0.4, -0.2) is 15.6 Å². The Hall–Kier alpha value is -3.73.